The first-order chi connectivity index (χ1) is 9.90. The summed E-state index contributed by atoms with van der Waals surface area (Å²) in [6.07, 6.45) is -2.96. The van der Waals surface area contributed by atoms with E-state index in [4.69, 9.17) is 0 Å². The molecule has 0 aliphatic carbocycles. The highest BCUT2D eigenvalue weighted by atomic mass is 19.4. The van der Waals surface area contributed by atoms with Crippen LogP contribution in [-0.2, 0) is 12.7 Å². The van der Waals surface area contributed by atoms with Crippen molar-refractivity contribution in [2.75, 3.05) is 24.3 Å². The molecule has 2 rings (SSSR count). The van der Waals surface area contributed by atoms with E-state index in [9.17, 15) is 13.2 Å². The molecular weight excluding hydrogens is 283 g/mol. The number of halogens is 3. The van der Waals surface area contributed by atoms with Crippen molar-refractivity contribution in [1.82, 2.24) is 15.0 Å². The van der Waals surface area contributed by atoms with Gasteiger partial charge in [-0.25, -0.2) is 9.97 Å². The molecule has 0 fully saturated rings. The average molecular weight is 297 g/mol. The quantitative estimate of drug-likeness (QED) is 0.940. The van der Waals surface area contributed by atoms with E-state index in [1.165, 1.54) is 13.1 Å². The molecular formula is C13H14F3N5. The number of nitrogens with one attached hydrogen (secondary N) is 1. The minimum Gasteiger partial charge on any atom is -0.373 e. The second kappa shape index (κ2) is 5.94. The van der Waals surface area contributed by atoms with Crippen LogP contribution in [0.2, 0.25) is 0 Å². The summed E-state index contributed by atoms with van der Waals surface area (Å²) >= 11 is 0. The Morgan fingerprint density at radius 3 is 2.57 bits per heavy atom. The van der Waals surface area contributed by atoms with Crippen LogP contribution in [-0.4, -0.2) is 29.0 Å². The highest BCUT2D eigenvalue weighted by Gasteiger charge is 2.35. The van der Waals surface area contributed by atoms with E-state index in [1.54, 1.807) is 30.3 Å². The normalized spacial score (nSPS) is 11.3. The fourth-order valence-corrected chi connectivity index (χ4v) is 1.70. The summed E-state index contributed by atoms with van der Waals surface area (Å²) < 4.78 is 38.4. The van der Waals surface area contributed by atoms with Crippen LogP contribution in [0.25, 0.3) is 0 Å². The SMILES string of the molecule is CNc1cc(N(C)Cc2ccccn2)nc(C(F)(F)F)n1. The van der Waals surface area contributed by atoms with Gasteiger partial charge < -0.3 is 10.2 Å². The van der Waals surface area contributed by atoms with Crippen molar-refractivity contribution in [3.8, 4) is 0 Å². The molecule has 0 atom stereocenters. The van der Waals surface area contributed by atoms with E-state index in [1.807, 2.05) is 6.07 Å². The molecule has 0 unspecified atom stereocenters. The number of rotatable bonds is 4. The van der Waals surface area contributed by atoms with Gasteiger partial charge in [-0.05, 0) is 12.1 Å². The van der Waals surface area contributed by atoms with Crippen molar-refractivity contribution in [3.63, 3.8) is 0 Å². The smallest absolute Gasteiger partial charge is 0.373 e. The molecule has 0 amide bonds. The van der Waals surface area contributed by atoms with Gasteiger partial charge in [0.25, 0.3) is 0 Å². The molecule has 0 radical (unpaired) electrons. The summed E-state index contributed by atoms with van der Waals surface area (Å²) in [5.41, 5.74) is 0.734. The van der Waals surface area contributed by atoms with Gasteiger partial charge in [0.2, 0.25) is 5.82 Å². The van der Waals surface area contributed by atoms with Gasteiger partial charge in [0.15, 0.2) is 0 Å². The highest BCUT2D eigenvalue weighted by molar-refractivity contribution is 5.49. The van der Waals surface area contributed by atoms with Gasteiger partial charge in [0.05, 0.1) is 12.2 Å². The van der Waals surface area contributed by atoms with Gasteiger partial charge in [0, 0.05) is 26.4 Å². The molecule has 0 saturated heterocycles. The first-order valence-electron chi connectivity index (χ1n) is 6.15. The second-order valence-corrected chi connectivity index (χ2v) is 4.36. The van der Waals surface area contributed by atoms with Crippen LogP contribution in [0.15, 0.2) is 30.5 Å². The molecule has 0 spiro atoms. The van der Waals surface area contributed by atoms with Gasteiger partial charge in [-0.2, -0.15) is 13.2 Å². The lowest BCUT2D eigenvalue weighted by Crippen LogP contribution is -2.21. The Morgan fingerprint density at radius 1 is 1.24 bits per heavy atom. The number of anilines is 2. The Morgan fingerprint density at radius 2 is 2.00 bits per heavy atom. The molecule has 0 aliphatic heterocycles. The maximum atomic E-state index is 12.8. The summed E-state index contributed by atoms with van der Waals surface area (Å²) in [4.78, 5) is 12.7. The van der Waals surface area contributed by atoms with Crippen LogP contribution in [0, 0.1) is 0 Å². The van der Waals surface area contributed by atoms with Crippen LogP contribution >= 0.6 is 0 Å². The lowest BCUT2D eigenvalue weighted by atomic mass is 10.3. The predicted molar refractivity (Wildman–Crippen MR) is 72.9 cm³/mol. The lowest BCUT2D eigenvalue weighted by molar-refractivity contribution is -0.144. The van der Waals surface area contributed by atoms with Crippen LogP contribution < -0.4 is 10.2 Å². The zero-order valence-electron chi connectivity index (χ0n) is 11.5. The number of pyridine rings is 1. The van der Waals surface area contributed by atoms with E-state index in [0.717, 1.165) is 5.69 Å². The van der Waals surface area contributed by atoms with Gasteiger partial charge in [0.1, 0.15) is 11.6 Å². The molecule has 5 nitrogen and oxygen atoms in total. The molecule has 8 heteroatoms. The first kappa shape index (κ1) is 15.0. The Bertz CT molecular complexity index is 601. The molecule has 2 aromatic rings. The monoisotopic (exact) mass is 297 g/mol. The topological polar surface area (TPSA) is 53.9 Å². The highest BCUT2D eigenvalue weighted by Crippen LogP contribution is 2.29. The molecule has 0 aliphatic rings. The maximum absolute atomic E-state index is 12.8. The fourth-order valence-electron chi connectivity index (χ4n) is 1.70. The number of hydrogen-bond donors (Lipinski definition) is 1. The Labute approximate surface area is 119 Å². The van der Waals surface area contributed by atoms with Gasteiger partial charge in [-0.3, -0.25) is 4.98 Å². The Kier molecular flexibility index (Phi) is 4.25. The van der Waals surface area contributed by atoms with Crippen molar-refractivity contribution in [2.45, 2.75) is 12.7 Å². The summed E-state index contributed by atoms with van der Waals surface area (Å²) in [6.45, 7) is 0.346. The van der Waals surface area contributed by atoms with Crippen LogP contribution in [0.3, 0.4) is 0 Å². The van der Waals surface area contributed by atoms with Crippen LogP contribution in [0.1, 0.15) is 11.5 Å². The third-order valence-corrected chi connectivity index (χ3v) is 2.74. The summed E-state index contributed by atoms with van der Waals surface area (Å²) in [5.74, 6) is -0.884. The van der Waals surface area contributed by atoms with E-state index in [-0.39, 0.29) is 11.6 Å². The third-order valence-electron chi connectivity index (χ3n) is 2.74. The Balaban J connectivity index is 2.30. The van der Waals surface area contributed by atoms with E-state index >= 15 is 0 Å². The van der Waals surface area contributed by atoms with Gasteiger partial charge in [-0.15, -0.1) is 0 Å². The molecule has 0 bridgehead atoms. The molecule has 0 saturated carbocycles. The number of nitrogens with zero attached hydrogens (tertiary/aromatic N) is 4. The standard InChI is InChI=1S/C13H14F3N5/c1-17-10-7-11(20-12(19-10)13(14,15)16)21(2)8-9-5-3-4-6-18-9/h3-7H,8H2,1-2H3,(H,17,19,20). The third kappa shape index (κ3) is 3.80. The van der Waals surface area contributed by atoms with Crippen molar-refractivity contribution in [2.24, 2.45) is 0 Å². The maximum Gasteiger partial charge on any atom is 0.451 e. The number of aromatic nitrogens is 3. The summed E-state index contributed by atoms with van der Waals surface area (Å²) in [7, 11) is 3.15. The predicted octanol–water partition coefficient (Wildman–Crippen LogP) is 2.57. The largest absolute Gasteiger partial charge is 0.451 e. The molecule has 0 aromatic carbocycles. The molecule has 1 N–H and O–H groups in total. The van der Waals surface area contributed by atoms with Crippen molar-refractivity contribution < 1.29 is 13.2 Å². The molecule has 21 heavy (non-hydrogen) atoms. The summed E-state index contributed by atoms with van der Waals surface area (Å²) in [5, 5.41) is 2.61. The van der Waals surface area contributed by atoms with E-state index in [2.05, 4.69) is 20.3 Å². The van der Waals surface area contributed by atoms with Gasteiger partial charge >= 0.3 is 6.18 Å². The van der Waals surface area contributed by atoms with Crippen molar-refractivity contribution in [1.29, 1.82) is 0 Å². The second-order valence-electron chi connectivity index (χ2n) is 4.36. The Hall–Kier alpha value is -2.38. The van der Waals surface area contributed by atoms with Crippen LogP contribution in [0.4, 0.5) is 24.8 Å². The fraction of sp³-hybridized carbons (Fsp3) is 0.308. The van der Waals surface area contributed by atoms with Crippen molar-refractivity contribution >= 4 is 11.6 Å². The first-order valence-corrected chi connectivity index (χ1v) is 6.15. The zero-order valence-corrected chi connectivity index (χ0v) is 11.5. The van der Waals surface area contributed by atoms with Crippen molar-refractivity contribution in [3.05, 3.63) is 42.0 Å². The lowest BCUT2D eigenvalue weighted by Gasteiger charge is -2.19. The zero-order chi connectivity index (χ0) is 15.5. The van der Waals surface area contributed by atoms with E-state index in [0.29, 0.717) is 6.54 Å². The minimum absolute atomic E-state index is 0.111. The van der Waals surface area contributed by atoms with Crippen LogP contribution in [0.5, 0.6) is 0 Å². The minimum atomic E-state index is -4.59. The summed E-state index contributed by atoms with van der Waals surface area (Å²) in [6, 6.07) is 6.84. The molecule has 2 aromatic heterocycles. The van der Waals surface area contributed by atoms with Gasteiger partial charge in [-0.1, -0.05) is 6.07 Å². The number of alkyl halides is 3. The molecule has 2 heterocycles. The van der Waals surface area contributed by atoms with E-state index < -0.39 is 12.0 Å². The average Bonchev–Trinajstić information content (AvgIpc) is 2.46. The number of hydrogen-bond acceptors (Lipinski definition) is 5. The molecule has 112 valence electrons.